The van der Waals surface area contributed by atoms with E-state index in [1.165, 1.54) is 0 Å². The van der Waals surface area contributed by atoms with Crippen LogP contribution in [0.5, 0.6) is 0 Å². The Kier molecular flexibility index (Phi) is 7.66. The lowest BCUT2D eigenvalue weighted by Crippen LogP contribution is -2.33. The number of carboxylic acid groups (broad SMARTS) is 1. The SMILES string of the molecule is CCn1cc(-c2ccc(-n3nnc4cnc(N[C@H]5CC[C@H](N)CC5)nc43)cc2)cn1.O=C(O)C(F)(F)F. The topological polar surface area (TPSA) is 150 Å². The lowest BCUT2D eigenvalue weighted by atomic mass is 9.92. The van der Waals surface area contributed by atoms with Crippen molar-refractivity contribution in [3.8, 4) is 16.8 Å². The molecule has 0 atom stereocenters. The average molecular weight is 518 g/mol. The molecule has 0 amide bonds. The van der Waals surface area contributed by atoms with Gasteiger partial charge in [-0.1, -0.05) is 17.3 Å². The molecular formula is C23H26F3N9O2. The summed E-state index contributed by atoms with van der Waals surface area (Å²) in [5.74, 6) is -2.15. The molecular weight excluding hydrogens is 491 g/mol. The highest BCUT2D eigenvalue weighted by molar-refractivity contribution is 5.73. The number of rotatable bonds is 5. The third kappa shape index (κ3) is 6.39. The van der Waals surface area contributed by atoms with Gasteiger partial charge in [-0.05, 0) is 50.3 Å². The normalized spacial score (nSPS) is 17.8. The lowest BCUT2D eigenvalue weighted by molar-refractivity contribution is -0.192. The molecule has 14 heteroatoms. The molecule has 0 unspecified atom stereocenters. The summed E-state index contributed by atoms with van der Waals surface area (Å²) in [6, 6.07) is 8.83. The Bertz CT molecular complexity index is 1340. The minimum Gasteiger partial charge on any atom is -0.475 e. The number of nitrogens with zero attached hydrogens (tertiary/aromatic N) is 7. The molecule has 1 aromatic carbocycles. The fourth-order valence-electron chi connectivity index (χ4n) is 3.90. The molecule has 0 spiro atoms. The van der Waals surface area contributed by atoms with E-state index in [0.29, 0.717) is 29.2 Å². The Labute approximate surface area is 209 Å². The molecule has 1 aliphatic carbocycles. The van der Waals surface area contributed by atoms with Crippen LogP contribution in [0.2, 0.25) is 0 Å². The predicted molar refractivity (Wildman–Crippen MR) is 129 cm³/mol. The Hall–Kier alpha value is -4.07. The maximum Gasteiger partial charge on any atom is 0.490 e. The number of hydrogen-bond donors (Lipinski definition) is 3. The highest BCUT2D eigenvalue weighted by atomic mass is 19.4. The van der Waals surface area contributed by atoms with Crippen LogP contribution in [0.25, 0.3) is 28.0 Å². The maximum absolute atomic E-state index is 10.6. The van der Waals surface area contributed by atoms with Gasteiger partial charge >= 0.3 is 12.1 Å². The summed E-state index contributed by atoms with van der Waals surface area (Å²) >= 11 is 0. The molecule has 4 N–H and O–H groups in total. The Morgan fingerprint density at radius 3 is 2.41 bits per heavy atom. The number of aryl methyl sites for hydroxylation is 1. The number of aliphatic carboxylic acids is 1. The molecule has 0 aliphatic heterocycles. The summed E-state index contributed by atoms with van der Waals surface area (Å²) in [6.07, 6.45) is 4.70. The smallest absolute Gasteiger partial charge is 0.475 e. The monoisotopic (exact) mass is 517 g/mol. The number of benzene rings is 1. The van der Waals surface area contributed by atoms with Gasteiger partial charge in [-0.3, -0.25) is 4.68 Å². The van der Waals surface area contributed by atoms with Crippen LogP contribution in [-0.4, -0.2) is 64.1 Å². The van der Waals surface area contributed by atoms with Crippen molar-refractivity contribution >= 4 is 23.1 Å². The molecule has 1 aliphatic rings. The number of nitrogens with two attached hydrogens (primary N) is 1. The van der Waals surface area contributed by atoms with E-state index in [1.807, 2.05) is 29.2 Å². The molecule has 5 rings (SSSR count). The second-order valence-corrected chi connectivity index (χ2v) is 8.59. The van der Waals surface area contributed by atoms with Crippen LogP contribution in [0.1, 0.15) is 32.6 Å². The zero-order valence-corrected chi connectivity index (χ0v) is 19.9. The van der Waals surface area contributed by atoms with Crippen molar-refractivity contribution in [2.45, 2.75) is 57.4 Å². The second kappa shape index (κ2) is 10.9. The molecule has 196 valence electrons. The number of hydrogen-bond acceptors (Lipinski definition) is 8. The van der Waals surface area contributed by atoms with Gasteiger partial charge in [-0.15, -0.1) is 5.10 Å². The number of carboxylic acids is 1. The minimum atomic E-state index is -5.08. The van der Waals surface area contributed by atoms with Gasteiger partial charge in [0.05, 0.1) is 18.1 Å². The summed E-state index contributed by atoms with van der Waals surface area (Å²) < 4.78 is 35.4. The molecule has 3 heterocycles. The van der Waals surface area contributed by atoms with Gasteiger partial charge < -0.3 is 16.2 Å². The van der Waals surface area contributed by atoms with E-state index in [1.54, 1.807) is 10.9 Å². The van der Waals surface area contributed by atoms with Crippen molar-refractivity contribution in [2.24, 2.45) is 5.73 Å². The maximum atomic E-state index is 10.6. The summed E-state index contributed by atoms with van der Waals surface area (Å²) in [5.41, 5.74) is 10.5. The number of nitrogens with one attached hydrogen (secondary N) is 1. The molecule has 0 saturated heterocycles. The highest BCUT2D eigenvalue weighted by Crippen LogP contribution is 2.23. The van der Waals surface area contributed by atoms with Gasteiger partial charge in [-0.25, -0.2) is 9.78 Å². The van der Waals surface area contributed by atoms with Crippen molar-refractivity contribution in [2.75, 3.05) is 5.32 Å². The zero-order valence-electron chi connectivity index (χ0n) is 19.9. The van der Waals surface area contributed by atoms with Crippen molar-refractivity contribution in [3.63, 3.8) is 0 Å². The molecule has 37 heavy (non-hydrogen) atoms. The first kappa shape index (κ1) is 26.0. The zero-order chi connectivity index (χ0) is 26.6. The number of fused-ring (bicyclic) bond motifs is 1. The van der Waals surface area contributed by atoms with E-state index in [2.05, 4.69) is 44.8 Å². The van der Waals surface area contributed by atoms with Crippen molar-refractivity contribution in [1.29, 1.82) is 0 Å². The third-order valence-corrected chi connectivity index (χ3v) is 5.94. The summed E-state index contributed by atoms with van der Waals surface area (Å²) in [5, 5.41) is 23.4. The first-order valence-corrected chi connectivity index (χ1v) is 11.7. The first-order chi connectivity index (χ1) is 17.6. The molecule has 0 bridgehead atoms. The van der Waals surface area contributed by atoms with Crippen molar-refractivity contribution in [1.82, 2.24) is 34.7 Å². The van der Waals surface area contributed by atoms with Gasteiger partial charge in [0.2, 0.25) is 5.95 Å². The van der Waals surface area contributed by atoms with Gasteiger partial charge in [0.25, 0.3) is 0 Å². The standard InChI is InChI=1S/C21H25N9.C2HF3O2/c1-2-29-13-15(11-24-29)14-3-9-18(10-4-14)30-20-19(27-28-30)12-23-21(26-20)25-17-7-5-16(22)6-8-17;3-2(4,5)1(6)7/h3-4,9-13,16-17H,2,5-8,22H2,1H3,(H,23,25,26);(H,6,7)/t16-,17-;. The number of alkyl halides is 3. The second-order valence-electron chi connectivity index (χ2n) is 8.59. The van der Waals surface area contributed by atoms with E-state index < -0.39 is 12.1 Å². The van der Waals surface area contributed by atoms with Crippen molar-refractivity contribution < 1.29 is 23.1 Å². The number of aromatic nitrogens is 7. The van der Waals surface area contributed by atoms with Crippen LogP contribution in [0.4, 0.5) is 19.1 Å². The summed E-state index contributed by atoms with van der Waals surface area (Å²) in [7, 11) is 0. The highest BCUT2D eigenvalue weighted by Gasteiger charge is 2.38. The molecule has 3 aromatic heterocycles. The van der Waals surface area contributed by atoms with E-state index in [-0.39, 0.29) is 0 Å². The Morgan fingerprint density at radius 1 is 1.14 bits per heavy atom. The summed E-state index contributed by atoms with van der Waals surface area (Å²) in [4.78, 5) is 18.0. The third-order valence-electron chi connectivity index (χ3n) is 5.94. The van der Waals surface area contributed by atoms with Gasteiger partial charge in [-0.2, -0.15) is 27.9 Å². The van der Waals surface area contributed by atoms with Crippen LogP contribution >= 0.6 is 0 Å². The Balaban J connectivity index is 0.000000405. The quantitative estimate of drug-likeness (QED) is 0.362. The largest absolute Gasteiger partial charge is 0.490 e. The molecule has 11 nitrogen and oxygen atoms in total. The van der Waals surface area contributed by atoms with Crippen molar-refractivity contribution in [3.05, 3.63) is 42.9 Å². The van der Waals surface area contributed by atoms with E-state index in [4.69, 9.17) is 20.6 Å². The number of anilines is 1. The fourth-order valence-corrected chi connectivity index (χ4v) is 3.90. The van der Waals surface area contributed by atoms with Gasteiger partial charge in [0, 0.05) is 30.4 Å². The van der Waals surface area contributed by atoms with Crippen LogP contribution in [0, 0.1) is 0 Å². The van der Waals surface area contributed by atoms with Crippen LogP contribution in [-0.2, 0) is 11.3 Å². The Morgan fingerprint density at radius 2 is 1.81 bits per heavy atom. The molecule has 0 radical (unpaired) electrons. The van der Waals surface area contributed by atoms with Crippen LogP contribution < -0.4 is 11.1 Å². The molecule has 1 saturated carbocycles. The first-order valence-electron chi connectivity index (χ1n) is 11.7. The van der Waals surface area contributed by atoms with E-state index in [0.717, 1.165) is 49.0 Å². The predicted octanol–water partition coefficient (Wildman–Crippen LogP) is 3.41. The van der Waals surface area contributed by atoms with Gasteiger partial charge in [0.1, 0.15) is 0 Å². The van der Waals surface area contributed by atoms with Crippen LogP contribution in [0.15, 0.2) is 42.9 Å². The lowest BCUT2D eigenvalue weighted by Gasteiger charge is -2.26. The average Bonchev–Trinajstić information content (AvgIpc) is 3.52. The van der Waals surface area contributed by atoms with E-state index >= 15 is 0 Å². The number of carbonyl (C=O) groups is 1. The van der Waals surface area contributed by atoms with Gasteiger partial charge in [0.15, 0.2) is 11.2 Å². The number of halogens is 3. The molecule has 1 fully saturated rings. The molecule has 4 aromatic rings. The fraction of sp³-hybridized carbons (Fsp3) is 0.391. The van der Waals surface area contributed by atoms with E-state index in [9.17, 15) is 13.2 Å². The summed E-state index contributed by atoms with van der Waals surface area (Å²) in [6.45, 7) is 2.93. The minimum absolute atomic E-state index is 0.316. The van der Waals surface area contributed by atoms with Crippen LogP contribution in [0.3, 0.4) is 0 Å².